The van der Waals surface area contributed by atoms with E-state index in [0.29, 0.717) is 32.0 Å². The Morgan fingerprint density at radius 2 is 1.88 bits per heavy atom. The molecule has 128 valence electrons. The van der Waals surface area contributed by atoms with Crippen molar-refractivity contribution in [1.29, 1.82) is 0 Å². The average molecular weight is 340 g/mol. The summed E-state index contributed by atoms with van der Waals surface area (Å²) in [5.41, 5.74) is -1.01. The Morgan fingerprint density at radius 1 is 1.12 bits per heavy atom. The van der Waals surface area contributed by atoms with E-state index in [4.69, 9.17) is 0 Å². The van der Waals surface area contributed by atoms with E-state index in [-0.39, 0.29) is 12.5 Å². The fourth-order valence-corrected chi connectivity index (χ4v) is 2.46. The molecular weight excluding hydrogens is 325 g/mol. The topological polar surface area (TPSA) is 67.2 Å². The molecule has 0 aliphatic carbocycles. The van der Waals surface area contributed by atoms with Crippen molar-refractivity contribution >= 4 is 11.7 Å². The molecule has 3 rings (SSSR count). The maximum atomic E-state index is 12.5. The first-order valence-electron chi connectivity index (χ1n) is 7.34. The molecule has 1 saturated heterocycles. The zero-order valence-corrected chi connectivity index (χ0v) is 12.6. The first-order chi connectivity index (χ1) is 11.4. The fourth-order valence-electron chi connectivity index (χ4n) is 2.46. The van der Waals surface area contributed by atoms with Gasteiger partial charge < -0.3 is 9.80 Å². The van der Waals surface area contributed by atoms with Gasteiger partial charge in [0.15, 0.2) is 11.5 Å². The molecule has 1 aliphatic rings. The van der Waals surface area contributed by atoms with Gasteiger partial charge in [0.2, 0.25) is 5.91 Å². The number of alkyl halides is 3. The molecule has 1 amide bonds. The minimum atomic E-state index is -4.50. The van der Waals surface area contributed by atoms with Gasteiger partial charge in [0, 0.05) is 38.6 Å². The second kappa shape index (κ2) is 6.46. The standard InChI is InChI=1S/C14H15F3N6O/c15-14(16,17)11-2-3-12(20-19-11)21-6-8-22(9-7-21)13(24)10-23-5-1-4-18-23/h1-5H,6-10H2. The van der Waals surface area contributed by atoms with Crippen molar-refractivity contribution in [3.8, 4) is 0 Å². The van der Waals surface area contributed by atoms with E-state index in [2.05, 4.69) is 15.3 Å². The monoisotopic (exact) mass is 340 g/mol. The lowest BCUT2D eigenvalue weighted by atomic mass is 10.3. The van der Waals surface area contributed by atoms with Gasteiger partial charge >= 0.3 is 6.18 Å². The lowest BCUT2D eigenvalue weighted by molar-refractivity contribution is -0.141. The minimum Gasteiger partial charge on any atom is -0.352 e. The van der Waals surface area contributed by atoms with E-state index in [1.165, 1.54) is 6.07 Å². The van der Waals surface area contributed by atoms with Crippen molar-refractivity contribution < 1.29 is 18.0 Å². The molecule has 0 spiro atoms. The molecule has 24 heavy (non-hydrogen) atoms. The van der Waals surface area contributed by atoms with E-state index >= 15 is 0 Å². The van der Waals surface area contributed by atoms with E-state index in [1.807, 2.05) is 4.90 Å². The second-order valence-electron chi connectivity index (χ2n) is 5.35. The number of hydrogen-bond donors (Lipinski definition) is 0. The fraction of sp³-hybridized carbons (Fsp3) is 0.429. The maximum Gasteiger partial charge on any atom is 0.435 e. The van der Waals surface area contributed by atoms with Crippen molar-refractivity contribution in [3.63, 3.8) is 0 Å². The van der Waals surface area contributed by atoms with Gasteiger partial charge in [-0.1, -0.05) is 0 Å². The Morgan fingerprint density at radius 3 is 2.42 bits per heavy atom. The van der Waals surface area contributed by atoms with Crippen LogP contribution in [0.15, 0.2) is 30.6 Å². The third-order valence-electron chi connectivity index (χ3n) is 3.75. The molecule has 0 atom stereocenters. The first kappa shape index (κ1) is 16.2. The molecule has 0 N–H and O–H groups in total. The third kappa shape index (κ3) is 3.63. The molecule has 0 bridgehead atoms. The van der Waals surface area contributed by atoms with Gasteiger partial charge in [-0.3, -0.25) is 9.48 Å². The van der Waals surface area contributed by atoms with Crippen molar-refractivity contribution in [2.24, 2.45) is 0 Å². The van der Waals surface area contributed by atoms with Crippen molar-refractivity contribution in [3.05, 3.63) is 36.3 Å². The summed E-state index contributed by atoms with van der Waals surface area (Å²) in [5, 5.41) is 10.8. The number of anilines is 1. The maximum absolute atomic E-state index is 12.5. The Hall–Kier alpha value is -2.65. The molecule has 2 aromatic rings. The van der Waals surface area contributed by atoms with Crippen LogP contribution in [0, 0.1) is 0 Å². The lowest BCUT2D eigenvalue weighted by Crippen LogP contribution is -2.50. The summed E-state index contributed by atoms with van der Waals surface area (Å²) in [4.78, 5) is 15.7. The highest BCUT2D eigenvalue weighted by molar-refractivity contribution is 5.76. The van der Waals surface area contributed by atoms with E-state index in [9.17, 15) is 18.0 Å². The van der Waals surface area contributed by atoms with Crippen molar-refractivity contribution in [2.45, 2.75) is 12.7 Å². The molecule has 3 heterocycles. The largest absolute Gasteiger partial charge is 0.435 e. The van der Waals surface area contributed by atoms with Gasteiger partial charge in [-0.25, -0.2) is 0 Å². The Kier molecular flexibility index (Phi) is 4.36. The quantitative estimate of drug-likeness (QED) is 0.835. The van der Waals surface area contributed by atoms with Gasteiger partial charge in [-0.2, -0.15) is 18.3 Å². The highest BCUT2D eigenvalue weighted by Crippen LogP contribution is 2.27. The van der Waals surface area contributed by atoms with Crippen LogP contribution in [0.2, 0.25) is 0 Å². The number of rotatable bonds is 3. The molecule has 1 fully saturated rings. The predicted molar refractivity (Wildman–Crippen MR) is 78.1 cm³/mol. The van der Waals surface area contributed by atoms with Crippen LogP contribution in [0.25, 0.3) is 0 Å². The molecular formula is C14H15F3N6O. The van der Waals surface area contributed by atoms with E-state index in [1.54, 1.807) is 28.0 Å². The summed E-state index contributed by atoms with van der Waals surface area (Å²) in [6.07, 6.45) is -1.18. The number of carbonyl (C=O) groups excluding carboxylic acids is 1. The Labute approximate surface area is 135 Å². The van der Waals surface area contributed by atoms with Crippen LogP contribution in [-0.4, -0.2) is 57.0 Å². The summed E-state index contributed by atoms with van der Waals surface area (Å²) < 4.78 is 39.0. The molecule has 7 nitrogen and oxygen atoms in total. The van der Waals surface area contributed by atoms with Crippen LogP contribution in [0.3, 0.4) is 0 Å². The summed E-state index contributed by atoms with van der Waals surface area (Å²) in [6, 6.07) is 3.96. The molecule has 10 heteroatoms. The summed E-state index contributed by atoms with van der Waals surface area (Å²) in [6.45, 7) is 2.11. The van der Waals surface area contributed by atoms with Gasteiger partial charge in [0.1, 0.15) is 6.54 Å². The molecule has 2 aromatic heterocycles. The van der Waals surface area contributed by atoms with Crippen LogP contribution >= 0.6 is 0 Å². The second-order valence-corrected chi connectivity index (χ2v) is 5.35. The molecule has 0 radical (unpaired) electrons. The van der Waals surface area contributed by atoms with Crippen molar-refractivity contribution in [1.82, 2.24) is 24.9 Å². The third-order valence-corrected chi connectivity index (χ3v) is 3.75. The molecule has 1 aliphatic heterocycles. The Balaban J connectivity index is 1.56. The van der Waals surface area contributed by atoms with Crippen LogP contribution < -0.4 is 4.90 Å². The van der Waals surface area contributed by atoms with Crippen LogP contribution in [0.4, 0.5) is 19.0 Å². The minimum absolute atomic E-state index is 0.0446. The normalized spacial score (nSPS) is 15.6. The Bertz CT molecular complexity index is 678. The molecule has 0 aromatic carbocycles. The predicted octanol–water partition coefficient (Wildman–Crippen LogP) is 1.04. The summed E-state index contributed by atoms with van der Waals surface area (Å²) >= 11 is 0. The number of piperazine rings is 1. The van der Waals surface area contributed by atoms with Gasteiger partial charge in [0.25, 0.3) is 0 Å². The van der Waals surface area contributed by atoms with E-state index in [0.717, 1.165) is 6.07 Å². The smallest absolute Gasteiger partial charge is 0.352 e. The highest BCUT2D eigenvalue weighted by Gasteiger charge is 2.33. The SMILES string of the molecule is O=C(Cn1cccn1)N1CCN(c2ccc(C(F)(F)F)nn2)CC1. The summed E-state index contributed by atoms with van der Waals surface area (Å²) in [5.74, 6) is 0.332. The number of aromatic nitrogens is 4. The number of hydrogen-bond acceptors (Lipinski definition) is 5. The zero-order chi connectivity index (χ0) is 17.2. The van der Waals surface area contributed by atoms with Crippen LogP contribution in [0.5, 0.6) is 0 Å². The zero-order valence-electron chi connectivity index (χ0n) is 12.6. The van der Waals surface area contributed by atoms with Crippen LogP contribution in [0.1, 0.15) is 5.69 Å². The van der Waals surface area contributed by atoms with Crippen LogP contribution in [-0.2, 0) is 17.5 Å². The van der Waals surface area contributed by atoms with E-state index < -0.39 is 11.9 Å². The number of amides is 1. The molecule has 0 unspecified atom stereocenters. The van der Waals surface area contributed by atoms with Gasteiger partial charge in [-0.15, -0.1) is 10.2 Å². The van der Waals surface area contributed by atoms with Gasteiger partial charge in [-0.05, 0) is 18.2 Å². The van der Waals surface area contributed by atoms with Gasteiger partial charge in [0.05, 0.1) is 0 Å². The average Bonchev–Trinajstić information content (AvgIpc) is 3.07. The molecule has 0 saturated carbocycles. The lowest BCUT2D eigenvalue weighted by Gasteiger charge is -2.35. The number of halogens is 3. The summed E-state index contributed by atoms with van der Waals surface area (Å²) in [7, 11) is 0. The first-order valence-corrected chi connectivity index (χ1v) is 7.34. The van der Waals surface area contributed by atoms with Crippen molar-refractivity contribution in [2.75, 3.05) is 31.1 Å². The number of carbonyl (C=O) groups is 1. The number of nitrogens with zero attached hydrogens (tertiary/aromatic N) is 6. The highest BCUT2D eigenvalue weighted by atomic mass is 19.4.